The van der Waals surface area contributed by atoms with E-state index in [4.69, 9.17) is 16.3 Å². The predicted octanol–water partition coefficient (Wildman–Crippen LogP) is 3.50. The van der Waals surface area contributed by atoms with Gasteiger partial charge in [0.05, 0.1) is 5.69 Å². The molecular formula is C22H22ClN3O4. The van der Waals surface area contributed by atoms with E-state index in [9.17, 15) is 14.4 Å². The number of hydrogen-bond donors (Lipinski definition) is 0. The monoisotopic (exact) mass is 427 g/mol. The van der Waals surface area contributed by atoms with Crippen molar-refractivity contribution in [2.75, 3.05) is 19.1 Å². The maximum Gasteiger partial charge on any atom is 0.355 e. The van der Waals surface area contributed by atoms with Gasteiger partial charge in [-0.3, -0.25) is 9.59 Å². The van der Waals surface area contributed by atoms with Crippen molar-refractivity contribution < 1.29 is 19.1 Å². The first-order chi connectivity index (χ1) is 14.3. The van der Waals surface area contributed by atoms with Crippen molar-refractivity contribution >= 4 is 40.8 Å². The number of likely N-dealkylation sites (N-methyl/N-ethyl adjacent to an activating group) is 1. The number of aryl methyl sites for hydroxylation is 1. The Morgan fingerprint density at radius 2 is 1.83 bits per heavy atom. The third-order valence-corrected chi connectivity index (χ3v) is 5.07. The fourth-order valence-electron chi connectivity index (χ4n) is 2.91. The van der Waals surface area contributed by atoms with Crippen molar-refractivity contribution in [3.05, 3.63) is 64.7 Å². The summed E-state index contributed by atoms with van der Waals surface area (Å²) in [6.07, 6.45) is -0.876. The summed E-state index contributed by atoms with van der Waals surface area (Å²) in [5, 5.41) is 5.84. The van der Waals surface area contributed by atoms with Crippen molar-refractivity contribution in [3.63, 3.8) is 0 Å². The number of esters is 1. The van der Waals surface area contributed by atoms with Gasteiger partial charge < -0.3 is 9.64 Å². The SMILES string of the molecule is Cc1ccc(N2N=C(C(=O)O[C@@H](C(=O)N(C)C)c3ccccc3)CCC2=O)cc1Cl. The van der Waals surface area contributed by atoms with Crippen LogP contribution in [0, 0.1) is 6.92 Å². The van der Waals surface area contributed by atoms with Crippen molar-refractivity contribution in [2.45, 2.75) is 25.9 Å². The minimum absolute atomic E-state index is 0.0683. The van der Waals surface area contributed by atoms with E-state index in [1.54, 1.807) is 56.6 Å². The van der Waals surface area contributed by atoms with Crippen LogP contribution in [0.25, 0.3) is 0 Å². The molecule has 0 fully saturated rings. The van der Waals surface area contributed by atoms with Gasteiger partial charge in [-0.2, -0.15) is 5.10 Å². The summed E-state index contributed by atoms with van der Waals surface area (Å²) in [6, 6.07) is 13.9. The van der Waals surface area contributed by atoms with Crippen LogP contribution in [0.4, 0.5) is 5.69 Å². The summed E-state index contributed by atoms with van der Waals surface area (Å²) in [4.78, 5) is 39.1. The average Bonchev–Trinajstić information content (AvgIpc) is 2.74. The Balaban J connectivity index is 1.87. The Morgan fingerprint density at radius 1 is 1.13 bits per heavy atom. The van der Waals surface area contributed by atoms with Crippen molar-refractivity contribution in [1.29, 1.82) is 0 Å². The molecule has 0 N–H and O–H groups in total. The Hall–Kier alpha value is -3.19. The van der Waals surface area contributed by atoms with E-state index in [0.29, 0.717) is 16.3 Å². The maximum absolute atomic E-state index is 12.8. The summed E-state index contributed by atoms with van der Waals surface area (Å²) in [6.45, 7) is 1.85. The van der Waals surface area contributed by atoms with Gasteiger partial charge in [-0.15, -0.1) is 0 Å². The lowest BCUT2D eigenvalue weighted by Crippen LogP contribution is -2.37. The number of amides is 2. The van der Waals surface area contributed by atoms with E-state index in [0.717, 1.165) is 10.6 Å². The first-order valence-electron chi connectivity index (χ1n) is 9.41. The lowest BCUT2D eigenvalue weighted by Gasteiger charge is -2.25. The molecule has 1 aliphatic rings. The second kappa shape index (κ2) is 9.09. The van der Waals surface area contributed by atoms with Crippen LogP contribution in [0.2, 0.25) is 5.02 Å². The van der Waals surface area contributed by atoms with E-state index < -0.39 is 12.1 Å². The molecule has 2 aromatic carbocycles. The number of hydrazone groups is 1. The van der Waals surface area contributed by atoms with Crippen LogP contribution in [0.5, 0.6) is 0 Å². The number of rotatable bonds is 5. The Labute approximate surface area is 179 Å². The summed E-state index contributed by atoms with van der Waals surface area (Å²) < 4.78 is 5.54. The Kier molecular flexibility index (Phi) is 6.52. The van der Waals surface area contributed by atoms with Crippen LogP contribution in [0.1, 0.15) is 30.1 Å². The molecule has 8 heteroatoms. The Bertz CT molecular complexity index is 1000. The molecule has 0 aromatic heterocycles. The molecule has 2 amide bonds. The molecule has 0 saturated heterocycles. The number of benzene rings is 2. The molecule has 1 atom stereocenters. The van der Waals surface area contributed by atoms with Crippen LogP contribution in [-0.2, 0) is 19.1 Å². The highest BCUT2D eigenvalue weighted by molar-refractivity contribution is 6.38. The highest BCUT2D eigenvalue weighted by Crippen LogP contribution is 2.27. The molecule has 0 radical (unpaired) electrons. The normalized spacial score (nSPS) is 14.7. The number of ether oxygens (including phenoxy) is 1. The summed E-state index contributed by atoms with van der Waals surface area (Å²) in [5.74, 6) is -1.37. The number of halogens is 1. The van der Waals surface area contributed by atoms with Crippen LogP contribution in [0.3, 0.4) is 0 Å². The molecule has 0 aliphatic carbocycles. The van der Waals surface area contributed by atoms with Gasteiger partial charge in [-0.05, 0) is 24.6 Å². The zero-order chi connectivity index (χ0) is 21.8. The molecular weight excluding hydrogens is 406 g/mol. The standard InChI is InChI=1S/C22H22ClN3O4/c1-14-9-10-16(13-17(14)23)26-19(27)12-11-18(24-26)22(29)30-20(21(28)25(2)3)15-7-5-4-6-8-15/h4-10,13,20H,11-12H2,1-3H3/t20-/m1/s1. The van der Waals surface area contributed by atoms with Crippen LogP contribution in [0.15, 0.2) is 53.6 Å². The van der Waals surface area contributed by atoms with Gasteiger partial charge in [-0.25, -0.2) is 9.80 Å². The van der Waals surface area contributed by atoms with Crippen molar-refractivity contribution in [3.8, 4) is 0 Å². The average molecular weight is 428 g/mol. The van der Waals surface area contributed by atoms with E-state index in [2.05, 4.69) is 5.10 Å². The second-order valence-corrected chi connectivity index (χ2v) is 7.52. The molecule has 0 unspecified atom stereocenters. The second-order valence-electron chi connectivity index (χ2n) is 7.11. The summed E-state index contributed by atoms with van der Waals surface area (Å²) in [7, 11) is 3.18. The topological polar surface area (TPSA) is 79.3 Å². The fourth-order valence-corrected chi connectivity index (χ4v) is 3.09. The third-order valence-electron chi connectivity index (χ3n) is 4.66. The molecule has 0 spiro atoms. The largest absolute Gasteiger partial charge is 0.443 e. The lowest BCUT2D eigenvalue weighted by molar-refractivity contribution is -0.154. The molecule has 3 rings (SSSR count). The van der Waals surface area contributed by atoms with Crippen LogP contribution < -0.4 is 5.01 Å². The zero-order valence-corrected chi connectivity index (χ0v) is 17.7. The highest BCUT2D eigenvalue weighted by atomic mass is 35.5. The van der Waals surface area contributed by atoms with E-state index in [1.807, 2.05) is 13.0 Å². The van der Waals surface area contributed by atoms with Crippen molar-refractivity contribution in [1.82, 2.24) is 4.90 Å². The van der Waals surface area contributed by atoms with Gasteiger partial charge in [0.2, 0.25) is 12.0 Å². The van der Waals surface area contributed by atoms with Crippen molar-refractivity contribution in [2.24, 2.45) is 5.10 Å². The molecule has 0 saturated carbocycles. The van der Waals surface area contributed by atoms with Gasteiger partial charge in [0.15, 0.2) is 0 Å². The third kappa shape index (κ3) is 4.68. The summed E-state index contributed by atoms with van der Waals surface area (Å²) >= 11 is 6.16. The number of anilines is 1. The van der Waals surface area contributed by atoms with E-state index in [-0.39, 0.29) is 30.4 Å². The first-order valence-corrected chi connectivity index (χ1v) is 9.79. The molecule has 7 nitrogen and oxygen atoms in total. The highest BCUT2D eigenvalue weighted by Gasteiger charge is 2.31. The molecule has 156 valence electrons. The van der Waals surface area contributed by atoms with Gasteiger partial charge >= 0.3 is 5.97 Å². The quantitative estimate of drug-likeness (QED) is 0.684. The van der Waals surface area contributed by atoms with Crippen LogP contribution in [-0.4, -0.2) is 42.5 Å². The number of nitrogens with zero attached hydrogens (tertiary/aromatic N) is 3. The van der Waals surface area contributed by atoms with Gasteiger partial charge in [-0.1, -0.05) is 48.0 Å². The smallest absolute Gasteiger partial charge is 0.355 e. The molecule has 1 aliphatic heterocycles. The van der Waals surface area contributed by atoms with E-state index in [1.165, 1.54) is 4.90 Å². The molecule has 30 heavy (non-hydrogen) atoms. The number of carbonyl (C=O) groups is 3. The molecule has 0 bridgehead atoms. The molecule has 1 heterocycles. The first kappa shape index (κ1) is 21.5. The molecule has 2 aromatic rings. The number of hydrogen-bond acceptors (Lipinski definition) is 5. The minimum atomic E-state index is -1.10. The lowest BCUT2D eigenvalue weighted by atomic mass is 10.1. The predicted molar refractivity (Wildman–Crippen MR) is 114 cm³/mol. The summed E-state index contributed by atoms with van der Waals surface area (Å²) in [5.41, 5.74) is 1.95. The van der Waals surface area contributed by atoms with Crippen LogP contribution >= 0.6 is 11.6 Å². The fraction of sp³-hybridized carbons (Fsp3) is 0.273. The van der Waals surface area contributed by atoms with Gasteiger partial charge in [0.1, 0.15) is 5.71 Å². The minimum Gasteiger partial charge on any atom is -0.443 e. The number of carbonyl (C=O) groups excluding carboxylic acids is 3. The van der Waals surface area contributed by atoms with Gasteiger partial charge in [0.25, 0.3) is 5.91 Å². The zero-order valence-electron chi connectivity index (χ0n) is 17.0. The van der Waals surface area contributed by atoms with Gasteiger partial charge in [0, 0.05) is 37.5 Å². The maximum atomic E-state index is 12.8. The van der Waals surface area contributed by atoms with E-state index >= 15 is 0 Å². The Morgan fingerprint density at radius 3 is 2.47 bits per heavy atom.